The summed E-state index contributed by atoms with van der Waals surface area (Å²) in [5.74, 6) is -1.92. The minimum Gasteiger partial charge on any atom is -0.399 e. The molecule has 2 aromatic heterocycles. The lowest BCUT2D eigenvalue weighted by molar-refractivity contribution is 0.256. The average Bonchev–Trinajstić information content (AvgIpc) is 2.79. The molecule has 4 rings (SSSR count). The Labute approximate surface area is 187 Å². The van der Waals surface area contributed by atoms with Crippen molar-refractivity contribution in [2.24, 2.45) is 0 Å². The van der Waals surface area contributed by atoms with Crippen LogP contribution in [0.15, 0.2) is 53.3 Å². The predicted octanol–water partition coefficient (Wildman–Crippen LogP) is 2.37. The molecule has 170 valence electrons. The number of aliphatic hydroxyl groups is 2. The fourth-order valence-electron chi connectivity index (χ4n) is 3.62. The first-order valence-electron chi connectivity index (χ1n) is 10.1. The SMILES string of the molecule is Cc1ccc(N)cc1-c1nc(N(CO)CCO)nc2c1ccc(=O)n2-c1c(F)cccc1F. The third kappa shape index (κ3) is 4.01. The molecule has 33 heavy (non-hydrogen) atoms. The van der Waals surface area contributed by atoms with Gasteiger partial charge >= 0.3 is 0 Å². The average molecular weight is 453 g/mol. The highest BCUT2D eigenvalue weighted by Gasteiger charge is 2.21. The molecule has 10 heteroatoms. The smallest absolute Gasteiger partial charge is 0.256 e. The van der Waals surface area contributed by atoms with Crippen molar-refractivity contribution >= 4 is 22.7 Å². The van der Waals surface area contributed by atoms with Crippen LogP contribution >= 0.6 is 0 Å². The zero-order valence-corrected chi connectivity index (χ0v) is 17.7. The number of fused-ring (bicyclic) bond motifs is 1. The first-order valence-corrected chi connectivity index (χ1v) is 10.1. The molecule has 2 aromatic carbocycles. The van der Waals surface area contributed by atoms with Crippen molar-refractivity contribution in [3.8, 4) is 16.9 Å². The zero-order chi connectivity index (χ0) is 23.7. The molecule has 0 aliphatic heterocycles. The molecular weight excluding hydrogens is 432 g/mol. The summed E-state index contributed by atoms with van der Waals surface area (Å²) in [5, 5.41) is 19.5. The maximum atomic E-state index is 14.7. The van der Waals surface area contributed by atoms with E-state index in [4.69, 9.17) is 5.73 Å². The lowest BCUT2D eigenvalue weighted by Crippen LogP contribution is -2.30. The van der Waals surface area contributed by atoms with Crippen LogP contribution in [0.3, 0.4) is 0 Å². The van der Waals surface area contributed by atoms with E-state index in [1.54, 1.807) is 18.2 Å². The van der Waals surface area contributed by atoms with Gasteiger partial charge < -0.3 is 20.8 Å². The summed E-state index contributed by atoms with van der Waals surface area (Å²) in [4.78, 5) is 23.0. The van der Waals surface area contributed by atoms with Crippen LogP contribution < -0.4 is 16.2 Å². The third-order valence-electron chi connectivity index (χ3n) is 5.24. The highest BCUT2D eigenvalue weighted by atomic mass is 19.1. The number of aromatic nitrogens is 3. The van der Waals surface area contributed by atoms with Crippen molar-refractivity contribution < 1.29 is 19.0 Å². The van der Waals surface area contributed by atoms with Crippen LogP contribution in [0.4, 0.5) is 20.4 Å². The third-order valence-corrected chi connectivity index (χ3v) is 5.24. The van der Waals surface area contributed by atoms with Crippen molar-refractivity contribution in [2.75, 3.05) is 30.5 Å². The van der Waals surface area contributed by atoms with E-state index in [-0.39, 0.29) is 24.7 Å². The van der Waals surface area contributed by atoms with Crippen LogP contribution in [-0.4, -0.2) is 44.6 Å². The predicted molar refractivity (Wildman–Crippen MR) is 121 cm³/mol. The number of nitrogens with zero attached hydrogens (tertiary/aromatic N) is 4. The molecule has 0 saturated heterocycles. The van der Waals surface area contributed by atoms with Gasteiger partial charge in [0.05, 0.1) is 12.3 Å². The molecule has 4 N–H and O–H groups in total. The number of nitrogen functional groups attached to an aromatic ring is 1. The second-order valence-corrected chi connectivity index (χ2v) is 7.39. The van der Waals surface area contributed by atoms with Gasteiger partial charge in [0, 0.05) is 29.2 Å². The molecule has 0 spiro atoms. The second-order valence-electron chi connectivity index (χ2n) is 7.39. The summed E-state index contributed by atoms with van der Waals surface area (Å²) in [6, 6.07) is 11.1. The fourth-order valence-corrected chi connectivity index (χ4v) is 3.62. The van der Waals surface area contributed by atoms with E-state index in [2.05, 4.69) is 9.97 Å². The molecule has 0 radical (unpaired) electrons. The Bertz CT molecular complexity index is 1390. The lowest BCUT2D eigenvalue weighted by atomic mass is 10.0. The summed E-state index contributed by atoms with van der Waals surface area (Å²) in [5.41, 5.74) is 6.87. The molecule has 0 aliphatic rings. The number of aliphatic hydroxyl groups excluding tert-OH is 2. The van der Waals surface area contributed by atoms with Gasteiger partial charge in [0.1, 0.15) is 24.1 Å². The Morgan fingerprint density at radius 3 is 2.45 bits per heavy atom. The van der Waals surface area contributed by atoms with Gasteiger partial charge in [-0.25, -0.2) is 13.8 Å². The Kier molecular flexibility index (Phi) is 6.03. The van der Waals surface area contributed by atoms with Crippen molar-refractivity contribution in [3.05, 3.63) is 76.1 Å². The minimum absolute atomic E-state index is 0.0114. The maximum Gasteiger partial charge on any atom is 0.256 e. The van der Waals surface area contributed by atoms with Crippen molar-refractivity contribution in [1.82, 2.24) is 14.5 Å². The molecule has 4 aromatic rings. The van der Waals surface area contributed by atoms with Crippen molar-refractivity contribution in [3.63, 3.8) is 0 Å². The van der Waals surface area contributed by atoms with Crippen LogP contribution in [0.2, 0.25) is 0 Å². The van der Waals surface area contributed by atoms with Gasteiger partial charge in [-0.2, -0.15) is 4.98 Å². The van der Waals surface area contributed by atoms with Gasteiger partial charge in [0.15, 0.2) is 5.65 Å². The van der Waals surface area contributed by atoms with Gasteiger partial charge in [-0.1, -0.05) is 12.1 Å². The van der Waals surface area contributed by atoms with E-state index in [0.29, 0.717) is 22.3 Å². The van der Waals surface area contributed by atoms with E-state index >= 15 is 0 Å². The van der Waals surface area contributed by atoms with Crippen molar-refractivity contribution in [2.45, 2.75) is 6.92 Å². The summed E-state index contributed by atoms with van der Waals surface area (Å²) in [6.45, 7) is 0.986. The molecule has 0 unspecified atom stereocenters. The number of para-hydroxylation sites is 1. The van der Waals surface area contributed by atoms with Gasteiger partial charge in [-0.15, -0.1) is 0 Å². The van der Waals surface area contributed by atoms with Crippen molar-refractivity contribution in [1.29, 1.82) is 0 Å². The second kappa shape index (κ2) is 8.93. The van der Waals surface area contributed by atoms with Gasteiger partial charge in [0.2, 0.25) is 5.95 Å². The quantitative estimate of drug-likeness (QED) is 0.303. The maximum absolute atomic E-state index is 14.7. The standard InChI is InChI=1S/C23H21F2N5O3/c1-13-5-6-14(26)11-16(13)20-15-7-8-19(33)30(21-17(24)3-2-4-18(21)25)22(15)28-23(27-20)29(12-32)9-10-31/h2-8,11,31-32H,9-10,12,26H2,1H3. The van der Waals surface area contributed by atoms with Crippen LogP contribution in [0.5, 0.6) is 0 Å². The van der Waals surface area contributed by atoms with Gasteiger partial charge in [0.25, 0.3) is 5.56 Å². The van der Waals surface area contributed by atoms with E-state index in [9.17, 15) is 23.8 Å². The number of hydrogen-bond acceptors (Lipinski definition) is 7. The van der Waals surface area contributed by atoms with E-state index in [1.165, 1.54) is 23.1 Å². The largest absolute Gasteiger partial charge is 0.399 e. The number of hydrogen-bond donors (Lipinski definition) is 3. The Morgan fingerprint density at radius 1 is 1.06 bits per heavy atom. The zero-order valence-electron chi connectivity index (χ0n) is 17.7. The van der Waals surface area contributed by atoms with Crippen LogP contribution in [-0.2, 0) is 0 Å². The fraction of sp³-hybridized carbons (Fsp3) is 0.174. The number of aryl methyl sites for hydroxylation is 1. The molecule has 0 aliphatic carbocycles. The molecule has 0 saturated carbocycles. The normalized spacial score (nSPS) is 11.2. The Balaban J connectivity index is 2.17. The van der Waals surface area contributed by atoms with Gasteiger partial charge in [-0.05, 0) is 42.8 Å². The topological polar surface area (TPSA) is 118 Å². The summed E-state index contributed by atoms with van der Waals surface area (Å²) in [6.07, 6.45) is 0. The summed E-state index contributed by atoms with van der Waals surface area (Å²) in [7, 11) is 0. The Hall–Kier alpha value is -3.89. The number of halogens is 2. The number of anilines is 2. The molecule has 8 nitrogen and oxygen atoms in total. The molecule has 0 amide bonds. The van der Waals surface area contributed by atoms with E-state index in [0.717, 1.165) is 22.3 Å². The van der Waals surface area contributed by atoms with E-state index < -0.39 is 29.6 Å². The number of rotatable bonds is 6. The van der Waals surface area contributed by atoms with Crippen LogP contribution in [0, 0.1) is 18.6 Å². The number of nitrogens with two attached hydrogens (primary N) is 1. The van der Waals surface area contributed by atoms with E-state index in [1.807, 2.05) is 6.92 Å². The molecule has 0 fully saturated rings. The van der Waals surface area contributed by atoms with Crippen LogP contribution in [0.1, 0.15) is 5.56 Å². The lowest BCUT2D eigenvalue weighted by Gasteiger charge is -2.21. The highest BCUT2D eigenvalue weighted by molar-refractivity contribution is 5.93. The first kappa shape index (κ1) is 22.3. The summed E-state index contributed by atoms with van der Waals surface area (Å²) >= 11 is 0. The Morgan fingerprint density at radius 2 is 1.79 bits per heavy atom. The monoisotopic (exact) mass is 453 g/mol. The summed E-state index contributed by atoms with van der Waals surface area (Å²) < 4.78 is 30.2. The highest BCUT2D eigenvalue weighted by Crippen LogP contribution is 2.32. The molecule has 2 heterocycles. The minimum atomic E-state index is -0.944. The molecule has 0 bridgehead atoms. The van der Waals surface area contributed by atoms with Crippen LogP contribution in [0.25, 0.3) is 28.0 Å². The first-order chi connectivity index (χ1) is 15.8. The van der Waals surface area contributed by atoms with Gasteiger partial charge in [-0.3, -0.25) is 9.36 Å². The number of pyridine rings is 1. The molecular formula is C23H21F2N5O3. The number of benzene rings is 2. The molecule has 0 atom stereocenters.